The molecule has 8 nitrogen and oxygen atoms in total. The lowest BCUT2D eigenvalue weighted by molar-refractivity contribution is 0.598. The number of nitrogens with two attached hydrogens (primary N) is 1. The summed E-state index contributed by atoms with van der Waals surface area (Å²) in [5, 5.41) is 22.6. The fourth-order valence-corrected chi connectivity index (χ4v) is 3.04. The summed E-state index contributed by atoms with van der Waals surface area (Å²) in [7, 11) is -3.72. The van der Waals surface area contributed by atoms with Crippen molar-refractivity contribution in [1.29, 1.82) is 0 Å². The van der Waals surface area contributed by atoms with E-state index >= 15 is 0 Å². The van der Waals surface area contributed by atoms with Crippen molar-refractivity contribution in [3.8, 4) is 0 Å². The molecule has 0 saturated heterocycles. The van der Waals surface area contributed by atoms with Gasteiger partial charge >= 0.3 is 0 Å². The number of hydrogen-bond acceptors (Lipinski definition) is 6. The fraction of sp³-hybridized carbons (Fsp3) is 0. The first-order valence-electron chi connectivity index (χ1n) is 7.87. The van der Waals surface area contributed by atoms with Crippen molar-refractivity contribution in [2.75, 3.05) is 16.0 Å². The summed E-state index contributed by atoms with van der Waals surface area (Å²) in [6.45, 7) is 0. The zero-order chi connectivity index (χ0) is 20.1. The van der Waals surface area contributed by atoms with Gasteiger partial charge in [0, 0.05) is 17.1 Å². The van der Waals surface area contributed by atoms with E-state index in [1.165, 1.54) is 12.1 Å². The molecule has 1 heterocycles. The van der Waals surface area contributed by atoms with E-state index in [0.29, 0.717) is 21.8 Å². The van der Waals surface area contributed by atoms with E-state index < -0.39 is 10.0 Å². The van der Waals surface area contributed by atoms with Crippen LogP contribution in [0.2, 0.25) is 5.15 Å². The minimum absolute atomic E-state index is 0.0328. The summed E-state index contributed by atoms with van der Waals surface area (Å²) >= 11 is 11.0. The molecular formula is C17H15ClN6O2S2. The summed E-state index contributed by atoms with van der Waals surface area (Å²) in [4.78, 5) is 0.0328. The maximum Gasteiger partial charge on any atom is 0.238 e. The summed E-state index contributed by atoms with van der Waals surface area (Å²) in [6.07, 6.45) is 0. The fourth-order valence-electron chi connectivity index (χ4n) is 2.19. The van der Waals surface area contributed by atoms with E-state index in [1.54, 1.807) is 24.3 Å². The van der Waals surface area contributed by atoms with E-state index in [0.717, 1.165) is 11.4 Å². The number of anilines is 4. The van der Waals surface area contributed by atoms with Gasteiger partial charge in [-0.05, 0) is 72.9 Å². The van der Waals surface area contributed by atoms with Gasteiger partial charge in [0.05, 0.1) is 4.90 Å². The average molecular weight is 435 g/mol. The molecule has 28 heavy (non-hydrogen) atoms. The first kappa shape index (κ1) is 20.0. The SMILES string of the molecule is NS(=O)(=O)c1ccc(NC(=S)Nc2ccc(Nc3ccc(Cl)nn3)cc2)cc1. The van der Waals surface area contributed by atoms with Crippen LogP contribution >= 0.6 is 23.8 Å². The summed E-state index contributed by atoms with van der Waals surface area (Å²) in [6, 6.07) is 16.7. The Morgan fingerprint density at radius 2 is 1.39 bits per heavy atom. The van der Waals surface area contributed by atoms with E-state index in [9.17, 15) is 8.42 Å². The zero-order valence-corrected chi connectivity index (χ0v) is 16.6. The highest BCUT2D eigenvalue weighted by molar-refractivity contribution is 7.89. The van der Waals surface area contributed by atoms with Crippen LogP contribution in [0, 0.1) is 0 Å². The number of benzene rings is 2. The highest BCUT2D eigenvalue weighted by atomic mass is 35.5. The number of thiocarbonyl (C=S) groups is 1. The molecule has 0 aliphatic rings. The number of halogens is 1. The van der Waals surface area contributed by atoms with Crippen LogP contribution in [0.1, 0.15) is 0 Å². The molecule has 11 heteroatoms. The second-order valence-corrected chi connectivity index (χ2v) is 7.95. The summed E-state index contributed by atoms with van der Waals surface area (Å²) < 4.78 is 22.5. The lowest BCUT2D eigenvalue weighted by Crippen LogP contribution is -2.19. The van der Waals surface area contributed by atoms with Crippen molar-refractivity contribution >= 4 is 61.8 Å². The Hall–Kier alpha value is -2.79. The smallest absolute Gasteiger partial charge is 0.238 e. The van der Waals surface area contributed by atoms with Crippen molar-refractivity contribution in [3.63, 3.8) is 0 Å². The average Bonchev–Trinajstić information content (AvgIpc) is 2.65. The number of rotatable bonds is 5. The number of primary sulfonamides is 1. The molecule has 5 N–H and O–H groups in total. The molecule has 0 fully saturated rings. The third kappa shape index (κ3) is 5.60. The van der Waals surface area contributed by atoms with E-state index in [2.05, 4.69) is 26.1 Å². The number of aromatic nitrogens is 2. The zero-order valence-electron chi connectivity index (χ0n) is 14.3. The Kier molecular flexibility index (Phi) is 6.05. The number of hydrogen-bond donors (Lipinski definition) is 4. The van der Waals surface area contributed by atoms with Crippen LogP contribution in [-0.4, -0.2) is 23.7 Å². The van der Waals surface area contributed by atoms with Crippen molar-refractivity contribution in [1.82, 2.24) is 10.2 Å². The highest BCUT2D eigenvalue weighted by Crippen LogP contribution is 2.18. The minimum Gasteiger partial charge on any atom is -0.339 e. The minimum atomic E-state index is -3.72. The van der Waals surface area contributed by atoms with Crippen molar-refractivity contribution < 1.29 is 8.42 Å². The molecule has 0 saturated carbocycles. The summed E-state index contributed by atoms with van der Waals surface area (Å²) in [5.74, 6) is 0.574. The third-order valence-electron chi connectivity index (χ3n) is 3.49. The molecule has 0 radical (unpaired) electrons. The van der Waals surface area contributed by atoms with E-state index in [4.69, 9.17) is 29.0 Å². The third-order valence-corrected chi connectivity index (χ3v) is 4.82. The number of sulfonamides is 1. The second-order valence-electron chi connectivity index (χ2n) is 5.59. The molecule has 0 spiro atoms. The maximum atomic E-state index is 11.3. The van der Waals surface area contributed by atoms with Crippen molar-refractivity contribution in [2.45, 2.75) is 4.90 Å². The number of nitrogens with zero attached hydrogens (tertiary/aromatic N) is 2. The van der Waals surface area contributed by atoms with Gasteiger partial charge in [0.15, 0.2) is 16.1 Å². The molecule has 0 amide bonds. The molecule has 0 atom stereocenters. The monoisotopic (exact) mass is 434 g/mol. The van der Waals surface area contributed by atoms with Crippen LogP contribution in [0.4, 0.5) is 22.9 Å². The van der Waals surface area contributed by atoms with Gasteiger partial charge in [-0.1, -0.05) is 11.6 Å². The normalized spacial score (nSPS) is 10.9. The molecule has 144 valence electrons. The predicted octanol–water partition coefficient (Wildman–Crippen LogP) is 3.33. The molecule has 2 aromatic carbocycles. The topological polar surface area (TPSA) is 122 Å². The molecular weight excluding hydrogens is 420 g/mol. The lowest BCUT2D eigenvalue weighted by atomic mass is 10.3. The van der Waals surface area contributed by atoms with Gasteiger partial charge in [-0.2, -0.15) is 0 Å². The van der Waals surface area contributed by atoms with Gasteiger partial charge in [-0.15, -0.1) is 10.2 Å². The van der Waals surface area contributed by atoms with Crippen LogP contribution < -0.4 is 21.1 Å². The van der Waals surface area contributed by atoms with Gasteiger partial charge in [0.1, 0.15) is 0 Å². The van der Waals surface area contributed by atoms with Crippen LogP contribution in [0.5, 0.6) is 0 Å². The molecule has 3 rings (SSSR count). The Morgan fingerprint density at radius 3 is 1.89 bits per heavy atom. The largest absolute Gasteiger partial charge is 0.339 e. The molecule has 0 bridgehead atoms. The molecule has 1 aromatic heterocycles. The predicted molar refractivity (Wildman–Crippen MR) is 114 cm³/mol. The van der Waals surface area contributed by atoms with Crippen molar-refractivity contribution in [2.24, 2.45) is 5.14 Å². The van der Waals surface area contributed by atoms with Crippen LogP contribution in [0.3, 0.4) is 0 Å². The quantitative estimate of drug-likeness (QED) is 0.451. The highest BCUT2D eigenvalue weighted by Gasteiger charge is 2.07. The molecule has 3 aromatic rings. The van der Waals surface area contributed by atoms with E-state index in [-0.39, 0.29) is 4.90 Å². The van der Waals surface area contributed by atoms with Gasteiger partial charge in [-0.25, -0.2) is 13.6 Å². The van der Waals surface area contributed by atoms with Gasteiger partial charge in [-0.3, -0.25) is 0 Å². The first-order valence-corrected chi connectivity index (χ1v) is 10.2. The molecule has 0 unspecified atom stereocenters. The van der Waals surface area contributed by atoms with Crippen molar-refractivity contribution in [3.05, 3.63) is 65.8 Å². The van der Waals surface area contributed by atoms with Gasteiger partial charge < -0.3 is 16.0 Å². The molecule has 0 aliphatic carbocycles. The lowest BCUT2D eigenvalue weighted by Gasteiger charge is -2.12. The number of nitrogens with one attached hydrogen (secondary N) is 3. The molecule has 0 aliphatic heterocycles. The maximum absolute atomic E-state index is 11.3. The van der Waals surface area contributed by atoms with Crippen LogP contribution in [0.25, 0.3) is 0 Å². The van der Waals surface area contributed by atoms with Gasteiger partial charge in [0.2, 0.25) is 10.0 Å². The summed E-state index contributed by atoms with van der Waals surface area (Å²) in [5.41, 5.74) is 2.22. The van der Waals surface area contributed by atoms with Gasteiger partial charge in [0.25, 0.3) is 0 Å². The Labute approximate surface area is 172 Å². The Bertz CT molecular complexity index is 1070. The van der Waals surface area contributed by atoms with Crippen LogP contribution in [0.15, 0.2) is 65.6 Å². The van der Waals surface area contributed by atoms with Crippen LogP contribution in [-0.2, 0) is 10.0 Å². The standard InChI is InChI=1S/C17H15ClN6O2S2/c18-15-9-10-16(24-23-15)20-11-1-3-12(4-2-11)21-17(27)22-13-5-7-14(8-6-13)28(19,25)26/h1-10H,(H,20,24)(H2,19,25,26)(H2,21,22,27). The first-order chi connectivity index (χ1) is 13.3. The second kappa shape index (κ2) is 8.48. The Morgan fingerprint density at radius 1 is 0.857 bits per heavy atom. The van der Waals surface area contributed by atoms with E-state index in [1.807, 2.05) is 24.3 Å². The Balaban J connectivity index is 1.57.